The molecular formula is C22H28FNO3. The van der Waals surface area contributed by atoms with Crippen LogP contribution in [0.1, 0.15) is 58.1 Å². The van der Waals surface area contributed by atoms with Gasteiger partial charge >= 0.3 is 5.97 Å². The van der Waals surface area contributed by atoms with E-state index in [4.69, 9.17) is 9.47 Å². The molecule has 2 rings (SSSR count). The number of carbonyl (C=O) groups excluding carboxylic acids is 1. The van der Waals surface area contributed by atoms with Crippen LogP contribution in [0.15, 0.2) is 30.5 Å². The lowest BCUT2D eigenvalue weighted by Gasteiger charge is -2.21. The molecule has 0 aliphatic rings. The second-order valence-electron chi connectivity index (χ2n) is 7.85. The number of nitrogens with zero attached hydrogens (tertiary/aromatic N) is 1. The lowest BCUT2D eigenvalue weighted by atomic mass is 9.88. The number of hydrogen-bond donors (Lipinski definition) is 0. The molecule has 1 aromatic carbocycles. The second-order valence-corrected chi connectivity index (χ2v) is 7.85. The highest BCUT2D eigenvalue weighted by Crippen LogP contribution is 2.33. The Balaban J connectivity index is 2.45. The molecule has 0 unspecified atom stereocenters. The Labute approximate surface area is 160 Å². The summed E-state index contributed by atoms with van der Waals surface area (Å²) >= 11 is 0. The fourth-order valence-corrected chi connectivity index (χ4v) is 3.02. The third-order valence-corrected chi connectivity index (χ3v) is 4.13. The van der Waals surface area contributed by atoms with E-state index in [-0.39, 0.29) is 24.1 Å². The summed E-state index contributed by atoms with van der Waals surface area (Å²) in [6.07, 6.45) is 2.34. The van der Waals surface area contributed by atoms with Crippen LogP contribution in [0, 0.1) is 5.82 Å². The Morgan fingerprint density at radius 1 is 1.22 bits per heavy atom. The maximum atomic E-state index is 14.3. The van der Waals surface area contributed by atoms with E-state index in [1.165, 1.54) is 6.07 Å². The van der Waals surface area contributed by atoms with Gasteiger partial charge in [-0.05, 0) is 73.6 Å². The summed E-state index contributed by atoms with van der Waals surface area (Å²) in [4.78, 5) is 16.3. The van der Waals surface area contributed by atoms with Gasteiger partial charge in [0.05, 0.1) is 7.11 Å². The van der Waals surface area contributed by atoms with Gasteiger partial charge in [-0.2, -0.15) is 0 Å². The van der Waals surface area contributed by atoms with Gasteiger partial charge < -0.3 is 9.47 Å². The molecule has 0 aliphatic carbocycles. The lowest BCUT2D eigenvalue weighted by Crippen LogP contribution is -2.24. The van der Waals surface area contributed by atoms with Crippen molar-refractivity contribution in [3.63, 3.8) is 0 Å². The van der Waals surface area contributed by atoms with Crippen molar-refractivity contribution >= 4 is 5.97 Å². The van der Waals surface area contributed by atoms with Gasteiger partial charge in [0.2, 0.25) is 5.88 Å². The molecule has 0 radical (unpaired) electrons. The topological polar surface area (TPSA) is 48.4 Å². The predicted molar refractivity (Wildman–Crippen MR) is 104 cm³/mol. The number of esters is 1. The number of carbonyl (C=O) groups is 1. The van der Waals surface area contributed by atoms with Crippen LogP contribution in [0.3, 0.4) is 0 Å². The van der Waals surface area contributed by atoms with Gasteiger partial charge in [-0.15, -0.1) is 0 Å². The SMILES string of the molecule is COc1cc(-c2cc(F)cc(C(C)C)c2CCC(=O)OC(C)(C)C)ccn1. The van der Waals surface area contributed by atoms with Gasteiger partial charge in [0.25, 0.3) is 0 Å². The average Bonchev–Trinajstić information content (AvgIpc) is 2.58. The highest BCUT2D eigenvalue weighted by atomic mass is 19.1. The smallest absolute Gasteiger partial charge is 0.306 e. The average molecular weight is 373 g/mol. The molecule has 0 saturated carbocycles. The Morgan fingerprint density at radius 3 is 2.52 bits per heavy atom. The van der Waals surface area contributed by atoms with Gasteiger partial charge in [0.15, 0.2) is 0 Å². The predicted octanol–water partition coefficient (Wildman–Crippen LogP) is 5.29. The molecule has 2 aromatic rings. The number of halogens is 1. The molecule has 146 valence electrons. The van der Waals surface area contributed by atoms with E-state index < -0.39 is 5.60 Å². The van der Waals surface area contributed by atoms with E-state index in [1.54, 1.807) is 25.4 Å². The minimum atomic E-state index is -0.526. The number of pyridine rings is 1. The van der Waals surface area contributed by atoms with Crippen molar-refractivity contribution in [1.29, 1.82) is 0 Å². The Bertz CT molecular complexity index is 810. The number of aromatic nitrogens is 1. The second kappa shape index (κ2) is 8.51. The van der Waals surface area contributed by atoms with Crippen LogP contribution in [0.4, 0.5) is 4.39 Å². The Kier molecular flexibility index (Phi) is 6.58. The van der Waals surface area contributed by atoms with Crippen molar-refractivity contribution in [2.45, 2.75) is 59.0 Å². The van der Waals surface area contributed by atoms with E-state index in [0.717, 1.165) is 22.3 Å². The van der Waals surface area contributed by atoms with Crippen LogP contribution < -0.4 is 4.74 Å². The molecule has 0 fully saturated rings. The van der Waals surface area contributed by atoms with Gasteiger partial charge in [-0.25, -0.2) is 9.37 Å². The molecule has 0 N–H and O–H groups in total. The van der Waals surface area contributed by atoms with Crippen LogP contribution in [-0.4, -0.2) is 23.7 Å². The molecule has 0 amide bonds. The summed E-state index contributed by atoms with van der Waals surface area (Å²) in [6, 6.07) is 6.65. The van der Waals surface area contributed by atoms with Crippen molar-refractivity contribution in [3.05, 3.63) is 47.4 Å². The van der Waals surface area contributed by atoms with Crippen molar-refractivity contribution in [2.75, 3.05) is 7.11 Å². The third-order valence-electron chi connectivity index (χ3n) is 4.13. The van der Waals surface area contributed by atoms with Crippen molar-refractivity contribution in [3.8, 4) is 17.0 Å². The van der Waals surface area contributed by atoms with Gasteiger partial charge in [0.1, 0.15) is 11.4 Å². The van der Waals surface area contributed by atoms with Crippen molar-refractivity contribution < 1.29 is 18.7 Å². The minimum absolute atomic E-state index is 0.122. The molecule has 0 saturated heterocycles. The third kappa shape index (κ3) is 5.78. The first-order valence-electron chi connectivity index (χ1n) is 9.15. The monoisotopic (exact) mass is 373 g/mol. The van der Waals surface area contributed by atoms with Crippen molar-refractivity contribution in [1.82, 2.24) is 4.98 Å². The molecule has 1 heterocycles. The first kappa shape index (κ1) is 20.9. The van der Waals surface area contributed by atoms with E-state index >= 15 is 0 Å². The number of rotatable bonds is 6. The summed E-state index contributed by atoms with van der Waals surface area (Å²) in [5.41, 5.74) is 2.88. The molecule has 0 spiro atoms. The zero-order chi connectivity index (χ0) is 20.2. The Morgan fingerprint density at radius 2 is 1.93 bits per heavy atom. The first-order chi connectivity index (χ1) is 12.6. The van der Waals surface area contributed by atoms with Gasteiger partial charge in [0, 0.05) is 18.7 Å². The van der Waals surface area contributed by atoms with E-state index in [1.807, 2.05) is 40.7 Å². The molecule has 27 heavy (non-hydrogen) atoms. The molecule has 4 nitrogen and oxygen atoms in total. The molecule has 0 bridgehead atoms. The standard InChI is InChI=1S/C22H28FNO3/c1-14(2)18-12-16(23)13-19(15-9-10-24-20(11-15)26-6)17(18)7-8-21(25)27-22(3,4)5/h9-14H,7-8H2,1-6H3. The van der Waals surface area contributed by atoms with Gasteiger partial charge in [-0.3, -0.25) is 4.79 Å². The Hall–Kier alpha value is -2.43. The molecule has 0 atom stereocenters. The molecular weight excluding hydrogens is 345 g/mol. The minimum Gasteiger partial charge on any atom is -0.481 e. The van der Waals surface area contributed by atoms with Crippen LogP contribution >= 0.6 is 0 Å². The number of ether oxygens (including phenoxy) is 2. The van der Waals surface area contributed by atoms with E-state index in [0.29, 0.717) is 12.3 Å². The van der Waals surface area contributed by atoms with Crippen LogP contribution in [0.2, 0.25) is 0 Å². The number of benzene rings is 1. The van der Waals surface area contributed by atoms with E-state index in [9.17, 15) is 9.18 Å². The summed E-state index contributed by atoms with van der Waals surface area (Å²) < 4.78 is 24.9. The lowest BCUT2D eigenvalue weighted by molar-refractivity contribution is -0.154. The van der Waals surface area contributed by atoms with E-state index in [2.05, 4.69) is 4.98 Å². The highest BCUT2D eigenvalue weighted by Gasteiger charge is 2.20. The summed E-state index contributed by atoms with van der Waals surface area (Å²) in [6.45, 7) is 9.57. The van der Waals surface area contributed by atoms with Crippen molar-refractivity contribution in [2.24, 2.45) is 0 Å². The fraction of sp³-hybridized carbons (Fsp3) is 0.455. The first-order valence-corrected chi connectivity index (χ1v) is 9.15. The van der Waals surface area contributed by atoms with Crippen LogP contribution in [0.5, 0.6) is 5.88 Å². The maximum Gasteiger partial charge on any atom is 0.306 e. The molecule has 1 aromatic heterocycles. The summed E-state index contributed by atoms with van der Waals surface area (Å²) in [5, 5.41) is 0. The largest absolute Gasteiger partial charge is 0.481 e. The molecule has 5 heteroatoms. The quantitative estimate of drug-likeness (QED) is 0.645. The normalized spacial score (nSPS) is 11.6. The van der Waals surface area contributed by atoms with Crippen LogP contribution in [-0.2, 0) is 16.0 Å². The number of hydrogen-bond acceptors (Lipinski definition) is 4. The highest BCUT2D eigenvalue weighted by molar-refractivity contribution is 5.73. The van der Waals surface area contributed by atoms with Crippen LogP contribution in [0.25, 0.3) is 11.1 Å². The number of methoxy groups -OCH3 is 1. The molecule has 0 aliphatic heterocycles. The zero-order valence-corrected chi connectivity index (χ0v) is 16.9. The maximum absolute atomic E-state index is 14.3. The summed E-state index contributed by atoms with van der Waals surface area (Å²) in [5.74, 6) is 0.0167. The van der Waals surface area contributed by atoms with Gasteiger partial charge in [-0.1, -0.05) is 13.8 Å². The zero-order valence-electron chi connectivity index (χ0n) is 16.9. The fourth-order valence-electron chi connectivity index (χ4n) is 3.02. The summed E-state index contributed by atoms with van der Waals surface area (Å²) in [7, 11) is 1.54.